The van der Waals surface area contributed by atoms with Gasteiger partial charge in [0.25, 0.3) is 0 Å². The number of thiocarbonyl (C=S) groups is 1. The Bertz CT molecular complexity index is 413. The number of hydrogen-bond donors (Lipinski definition) is 1. The third-order valence-corrected chi connectivity index (χ3v) is 3.04. The minimum atomic E-state index is 0.368. The van der Waals surface area contributed by atoms with Crippen molar-refractivity contribution in [2.75, 3.05) is 11.4 Å². The van der Waals surface area contributed by atoms with Crippen LogP contribution in [0.5, 0.6) is 0 Å². The summed E-state index contributed by atoms with van der Waals surface area (Å²) in [5.41, 5.74) is 6.34. The minimum Gasteiger partial charge on any atom is -0.388 e. The minimum absolute atomic E-state index is 0.368. The zero-order valence-electron chi connectivity index (χ0n) is 10.4. The normalized spacial score (nSPS) is 15.0. The van der Waals surface area contributed by atoms with Gasteiger partial charge >= 0.3 is 0 Å². The van der Waals surface area contributed by atoms with Crippen molar-refractivity contribution in [3.8, 4) is 0 Å². The lowest BCUT2D eigenvalue weighted by molar-refractivity contribution is 0.602. The molecule has 1 aromatic rings. The molecule has 0 atom stereocenters. The fraction of sp³-hybridized carbons (Fsp3) is 0.538. The van der Waals surface area contributed by atoms with E-state index in [0.717, 1.165) is 12.4 Å². The average Bonchev–Trinajstić information content (AvgIpc) is 3.09. The van der Waals surface area contributed by atoms with Crippen molar-refractivity contribution in [2.45, 2.75) is 32.7 Å². The molecule has 2 rings (SSSR count). The summed E-state index contributed by atoms with van der Waals surface area (Å²) >= 11 is 4.97. The summed E-state index contributed by atoms with van der Waals surface area (Å²) in [5.74, 6) is 1.64. The molecule has 1 aliphatic carbocycles. The molecule has 1 heterocycles. The molecule has 1 fully saturated rings. The topological polar surface area (TPSA) is 42.1 Å². The van der Waals surface area contributed by atoms with E-state index in [4.69, 9.17) is 18.0 Å². The van der Waals surface area contributed by atoms with Gasteiger partial charge in [-0.15, -0.1) is 0 Å². The van der Waals surface area contributed by atoms with E-state index in [1.807, 2.05) is 18.2 Å². The number of aromatic nitrogens is 1. The number of hydrogen-bond acceptors (Lipinski definition) is 3. The second-order valence-corrected chi connectivity index (χ2v) is 5.46. The van der Waals surface area contributed by atoms with Crippen LogP contribution in [-0.2, 0) is 0 Å². The van der Waals surface area contributed by atoms with Crippen molar-refractivity contribution < 1.29 is 0 Å². The maximum atomic E-state index is 5.63. The highest BCUT2D eigenvalue weighted by molar-refractivity contribution is 7.80. The predicted molar refractivity (Wildman–Crippen MR) is 75.3 cm³/mol. The van der Waals surface area contributed by atoms with Gasteiger partial charge in [0.05, 0.1) is 5.69 Å². The zero-order chi connectivity index (χ0) is 12.4. The van der Waals surface area contributed by atoms with Crippen molar-refractivity contribution in [3.63, 3.8) is 0 Å². The SMILES string of the molecule is CC(C)CN(c1cccc(C(N)=S)n1)C1CC1. The number of rotatable bonds is 5. The number of anilines is 1. The third kappa shape index (κ3) is 3.16. The van der Waals surface area contributed by atoms with Crippen molar-refractivity contribution in [1.82, 2.24) is 4.98 Å². The summed E-state index contributed by atoms with van der Waals surface area (Å²) in [7, 11) is 0. The van der Waals surface area contributed by atoms with Crippen molar-refractivity contribution in [1.29, 1.82) is 0 Å². The highest BCUT2D eigenvalue weighted by atomic mass is 32.1. The first-order chi connectivity index (χ1) is 8.08. The first-order valence-corrected chi connectivity index (χ1v) is 6.52. The van der Waals surface area contributed by atoms with E-state index >= 15 is 0 Å². The van der Waals surface area contributed by atoms with Crippen molar-refractivity contribution >= 4 is 23.0 Å². The Labute approximate surface area is 108 Å². The molecule has 0 aliphatic heterocycles. The highest BCUT2D eigenvalue weighted by Crippen LogP contribution is 2.31. The third-order valence-electron chi connectivity index (χ3n) is 2.83. The first-order valence-electron chi connectivity index (χ1n) is 6.11. The van der Waals surface area contributed by atoms with Gasteiger partial charge in [-0.05, 0) is 30.9 Å². The van der Waals surface area contributed by atoms with E-state index < -0.39 is 0 Å². The molecule has 1 saturated carbocycles. The van der Waals surface area contributed by atoms with Crippen LogP contribution in [0, 0.1) is 5.92 Å². The monoisotopic (exact) mass is 249 g/mol. The molecule has 92 valence electrons. The summed E-state index contributed by atoms with van der Waals surface area (Å²) in [6.07, 6.45) is 2.54. The molecule has 0 amide bonds. The maximum Gasteiger partial charge on any atom is 0.129 e. The van der Waals surface area contributed by atoms with Crippen LogP contribution in [0.15, 0.2) is 18.2 Å². The Balaban J connectivity index is 2.22. The fourth-order valence-corrected chi connectivity index (χ4v) is 2.04. The predicted octanol–water partition coefficient (Wildman–Crippen LogP) is 2.34. The van der Waals surface area contributed by atoms with Crippen LogP contribution in [0.2, 0.25) is 0 Å². The molecule has 0 bridgehead atoms. The Morgan fingerprint density at radius 2 is 2.24 bits per heavy atom. The fourth-order valence-electron chi connectivity index (χ4n) is 1.93. The molecule has 0 spiro atoms. The van der Waals surface area contributed by atoms with Gasteiger partial charge in [-0.3, -0.25) is 0 Å². The summed E-state index contributed by atoms with van der Waals surface area (Å²) in [4.78, 5) is 7.30. The van der Waals surface area contributed by atoms with Crippen LogP contribution in [0.1, 0.15) is 32.4 Å². The standard InChI is InChI=1S/C13H19N3S/c1-9(2)8-16(10-6-7-10)12-5-3-4-11(15-12)13(14)17/h3-5,9-10H,6-8H2,1-2H3,(H2,14,17). The molecular weight excluding hydrogens is 230 g/mol. The molecule has 0 unspecified atom stereocenters. The van der Waals surface area contributed by atoms with E-state index in [9.17, 15) is 0 Å². The lowest BCUT2D eigenvalue weighted by Crippen LogP contribution is -2.31. The molecular formula is C13H19N3S. The van der Waals surface area contributed by atoms with Crippen LogP contribution in [0.4, 0.5) is 5.82 Å². The summed E-state index contributed by atoms with van der Waals surface area (Å²) in [6, 6.07) is 6.55. The lowest BCUT2D eigenvalue weighted by Gasteiger charge is -2.25. The van der Waals surface area contributed by atoms with Gasteiger partial charge in [0.15, 0.2) is 0 Å². The highest BCUT2D eigenvalue weighted by Gasteiger charge is 2.30. The molecule has 1 aromatic heterocycles. The van der Waals surface area contributed by atoms with Gasteiger partial charge in [-0.25, -0.2) is 4.98 Å². The van der Waals surface area contributed by atoms with Gasteiger partial charge in [-0.2, -0.15) is 0 Å². The van der Waals surface area contributed by atoms with Gasteiger partial charge in [0.2, 0.25) is 0 Å². The van der Waals surface area contributed by atoms with E-state index in [0.29, 0.717) is 22.6 Å². The van der Waals surface area contributed by atoms with Crippen LogP contribution in [-0.4, -0.2) is 22.6 Å². The smallest absolute Gasteiger partial charge is 0.129 e. The lowest BCUT2D eigenvalue weighted by atomic mass is 10.2. The molecule has 3 nitrogen and oxygen atoms in total. The van der Waals surface area contributed by atoms with E-state index in [-0.39, 0.29) is 0 Å². The Kier molecular flexibility index (Phi) is 3.62. The Morgan fingerprint density at radius 3 is 2.76 bits per heavy atom. The zero-order valence-corrected chi connectivity index (χ0v) is 11.2. The Hall–Kier alpha value is -1.16. The summed E-state index contributed by atoms with van der Waals surface area (Å²) in [5, 5.41) is 0. The number of nitrogens with zero attached hydrogens (tertiary/aromatic N) is 2. The number of pyridine rings is 1. The maximum absolute atomic E-state index is 5.63. The van der Waals surface area contributed by atoms with Gasteiger partial charge in [-0.1, -0.05) is 32.1 Å². The largest absolute Gasteiger partial charge is 0.388 e. The summed E-state index contributed by atoms with van der Waals surface area (Å²) in [6.45, 7) is 5.50. The average molecular weight is 249 g/mol. The van der Waals surface area contributed by atoms with Crippen molar-refractivity contribution in [3.05, 3.63) is 23.9 Å². The van der Waals surface area contributed by atoms with Crippen LogP contribution in [0.3, 0.4) is 0 Å². The molecule has 2 N–H and O–H groups in total. The quantitative estimate of drug-likeness (QED) is 0.813. The van der Waals surface area contributed by atoms with Crippen molar-refractivity contribution in [2.24, 2.45) is 11.7 Å². The molecule has 1 aliphatic rings. The van der Waals surface area contributed by atoms with Gasteiger partial charge < -0.3 is 10.6 Å². The van der Waals surface area contributed by atoms with E-state index in [1.165, 1.54) is 12.8 Å². The molecule has 17 heavy (non-hydrogen) atoms. The second-order valence-electron chi connectivity index (χ2n) is 5.02. The summed E-state index contributed by atoms with van der Waals surface area (Å²) < 4.78 is 0. The molecule has 4 heteroatoms. The van der Waals surface area contributed by atoms with E-state index in [1.54, 1.807) is 0 Å². The van der Waals surface area contributed by atoms with Crippen LogP contribution >= 0.6 is 12.2 Å². The number of nitrogens with two attached hydrogens (primary N) is 1. The van der Waals surface area contributed by atoms with Gasteiger partial charge in [0, 0.05) is 12.6 Å². The van der Waals surface area contributed by atoms with Crippen LogP contribution < -0.4 is 10.6 Å². The van der Waals surface area contributed by atoms with Gasteiger partial charge in [0.1, 0.15) is 10.8 Å². The molecule has 0 radical (unpaired) electrons. The molecule has 0 saturated heterocycles. The Morgan fingerprint density at radius 1 is 1.53 bits per heavy atom. The van der Waals surface area contributed by atoms with E-state index in [2.05, 4.69) is 23.7 Å². The van der Waals surface area contributed by atoms with Crippen LogP contribution in [0.25, 0.3) is 0 Å². The second kappa shape index (κ2) is 5.00. The first kappa shape index (κ1) is 12.3. The molecule has 0 aromatic carbocycles.